The summed E-state index contributed by atoms with van der Waals surface area (Å²) in [5, 5.41) is 20.6. The van der Waals surface area contributed by atoms with Gasteiger partial charge in [-0.2, -0.15) is 0 Å². The van der Waals surface area contributed by atoms with Gasteiger partial charge in [-0.15, -0.1) is 0 Å². The fraction of sp³-hybridized carbons (Fsp3) is 0.850. The lowest BCUT2D eigenvalue weighted by Gasteiger charge is -2.59. The molecular formula is C20H32O4. The van der Waals surface area contributed by atoms with E-state index in [1.165, 1.54) is 0 Å². The van der Waals surface area contributed by atoms with E-state index >= 15 is 0 Å². The van der Waals surface area contributed by atoms with Gasteiger partial charge in [-0.3, -0.25) is 4.79 Å². The number of rotatable bonds is 4. The Hall–Kier alpha value is -0.870. The molecule has 6 atom stereocenters. The summed E-state index contributed by atoms with van der Waals surface area (Å²) in [5.74, 6) is 0.943. The van der Waals surface area contributed by atoms with Gasteiger partial charge < -0.3 is 14.9 Å². The molecule has 3 rings (SSSR count). The van der Waals surface area contributed by atoms with Gasteiger partial charge in [0, 0.05) is 5.92 Å². The number of allylic oxidation sites excluding steroid dienone is 1. The molecule has 4 heteroatoms. The lowest BCUT2D eigenvalue weighted by atomic mass is 9.46. The van der Waals surface area contributed by atoms with Crippen LogP contribution in [0.5, 0.6) is 0 Å². The van der Waals surface area contributed by atoms with Gasteiger partial charge in [-0.25, -0.2) is 0 Å². The minimum absolute atomic E-state index is 0.0206. The van der Waals surface area contributed by atoms with E-state index in [1.807, 2.05) is 0 Å². The van der Waals surface area contributed by atoms with Crippen molar-refractivity contribution in [1.82, 2.24) is 0 Å². The highest BCUT2D eigenvalue weighted by Gasteiger charge is 2.56. The zero-order valence-corrected chi connectivity index (χ0v) is 15.3. The van der Waals surface area contributed by atoms with Crippen LogP contribution in [0.4, 0.5) is 0 Å². The largest absolute Gasteiger partial charge is 0.465 e. The highest BCUT2D eigenvalue weighted by molar-refractivity contribution is 5.71. The Labute approximate surface area is 145 Å². The molecular weight excluding hydrogens is 304 g/mol. The van der Waals surface area contributed by atoms with Gasteiger partial charge in [0.05, 0.1) is 25.7 Å². The van der Waals surface area contributed by atoms with Crippen LogP contribution >= 0.6 is 0 Å². The fourth-order valence-electron chi connectivity index (χ4n) is 5.81. The van der Waals surface area contributed by atoms with Crippen molar-refractivity contribution in [2.75, 3.05) is 13.2 Å². The van der Waals surface area contributed by atoms with E-state index < -0.39 is 0 Å². The maximum Gasteiger partial charge on any atom is 0.306 e. The second-order valence-electron chi connectivity index (χ2n) is 8.79. The van der Waals surface area contributed by atoms with Gasteiger partial charge in [0.15, 0.2) is 0 Å². The zero-order chi connectivity index (χ0) is 17.5. The summed E-state index contributed by atoms with van der Waals surface area (Å²) < 4.78 is 5.12. The molecule has 0 unspecified atom stereocenters. The predicted octanol–water partition coefficient (Wildman–Crippen LogP) is 3.07. The number of hydrogen-bond donors (Lipinski definition) is 2. The Kier molecular flexibility index (Phi) is 4.82. The number of cyclic esters (lactones) is 1. The van der Waals surface area contributed by atoms with Gasteiger partial charge in [0.2, 0.25) is 0 Å². The summed E-state index contributed by atoms with van der Waals surface area (Å²) in [5.41, 5.74) is 1.01. The van der Waals surface area contributed by atoms with Crippen molar-refractivity contribution >= 4 is 5.97 Å². The molecule has 136 valence electrons. The van der Waals surface area contributed by atoms with Gasteiger partial charge in [0.1, 0.15) is 0 Å². The molecule has 24 heavy (non-hydrogen) atoms. The molecule has 0 radical (unpaired) electrons. The van der Waals surface area contributed by atoms with Crippen LogP contribution in [0.3, 0.4) is 0 Å². The van der Waals surface area contributed by atoms with Crippen LogP contribution in [0.25, 0.3) is 0 Å². The average molecular weight is 336 g/mol. The van der Waals surface area contributed by atoms with Crippen LogP contribution in [-0.2, 0) is 9.53 Å². The van der Waals surface area contributed by atoms with Crippen molar-refractivity contribution in [3.63, 3.8) is 0 Å². The summed E-state index contributed by atoms with van der Waals surface area (Å²) in [6, 6.07) is 0. The molecule has 0 aromatic heterocycles. The molecule has 2 aliphatic carbocycles. The zero-order valence-electron chi connectivity index (χ0n) is 15.3. The molecule has 2 fully saturated rings. The van der Waals surface area contributed by atoms with Crippen LogP contribution in [0.15, 0.2) is 11.6 Å². The Morgan fingerprint density at radius 1 is 1.38 bits per heavy atom. The lowest BCUT2D eigenvalue weighted by Crippen LogP contribution is -2.55. The molecule has 0 spiro atoms. The predicted molar refractivity (Wildman–Crippen MR) is 92.2 cm³/mol. The Morgan fingerprint density at radius 3 is 2.75 bits per heavy atom. The standard InChI is InChI=1S/C20H32O4/c1-13-16(22)10-20(3)15(11-21)5-4-6-17(20)19(13,2)8-7-14-9-18(23)24-12-14/h5,13-14,16-17,21-22H,4,6-12H2,1-3H3/t13-,14-,16-,17-,19+,20+/m1/s1. The van der Waals surface area contributed by atoms with Gasteiger partial charge in [0.25, 0.3) is 0 Å². The first-order valence-corrected chi connectivity index (χ1v) is 9.45. The first-order chi connectivity index (χ1) is 11.3. The highest BCUT2D eigenvalue weighted by Crippen LogP contribution is 2.62. The van der Waals surface area contributed by atoms with Gasteiger partial charge in [-0.1, -0.05) is 26.8 Å². The minimum atomic E-state index is -0.342. The number of esters is 1. The fourth-order valence-corrected chi connectivity index (χ4v) is 5.81. The molecule has 0 amide bonds. The summed E-state index contributed by atoms with van der Waals surface area (Å²) >= 11 is 0. The quantitative estimate of drug-likeness (QED) is 0.611. The molecule has 0 aromatic carbocycles. The van der Waals surface area contributed by atoms with Crippen LogP contribution in [0.2, 0.25) is 0 Å². The Balaban J connectivity index is 1.83. The van der Waals surface area contributed by atoms with Crippen molar-refractivity contribution in [2.24, 2.45) is 28.6 Å². The molecule has 0 aromatic rings. The third-order valence-electron chi connectivity index (χ3n) is 7.59. The summed E-state index contributed by atoms with van der Waals surface area (Å²) in [4.78, 5) is 11.4. The number of carbonyl (C=O) groups is 1. The first-order valence-electron chi connectivity index (χ1n) is 9.45. The molecule has 0 bridgehead atoms. The Morgan fingerprint density at radius 2 is 2.12 bits per heavy atom. The summed E-state index contributed by atoms with van der Waals surface area (Å²) in [6.45, 7) is 7.37. The van der Waals surface area contributed by atoms with E-state index in [4.69, 9.17) is 4.74 Å². The molecule has 1 saturated heterocycles. The van der Waals surface area contributed by atoms with Crippen LogP contribution in [-0.4, -0.2) is 35.5 Å². The molecule has 1 heterocycles. The number of fused-ring (bicyclic) bond motifs is 1. The van der Waals surface area contributed by atoms with E-state index in [2.05, 4.69) is 26.8 Å². The molecule has 3 aliphatic rings. The van der Waals surface area contributed by atoms with Crippen molar-refractivity contribution < 1.29 is 19.7 Å². The molecule has 1 aliphatic heterocycles. The van der Waals surface area contributed by atoms with E-state index in [0.717, 1.165) is 37.7 Å². The van der Waals surface area contributed by atoms with E-state index in [-0.39, 0.29) is 35.4 Å². The van der Waals surface area contributed by atoms with Crippen LogP contribution in [0.1, 0.15) is 59.3 Å². The maximum absolute atomic E-state index is 11.4. The van der Waals surface area contributed by atoms with E-state index in [0.29, 0.717) is 24.9 Å². The second kappa shape index (κ2) is 6.45. The summed E-state index contributed by atoms with van der Waals surface area (Å²) in [6.07, 6.45) is 7.24. The third-order valence-corrected chi connectivity index (χ3v) is 7.59. The normalized spacial score (nSPS) is 45.5. The van der Waals surface area contributed by atoms with Crippen molar-refractivity contribution in [2.45, 2.75) is 65.4 Å². The average Bonchev–Trinajstić information content (AvgIpc) is 2.96. The lowest BCUT2D eigenvalue weighted by molar-refractivity contribution is -0.137. The van der Waals surface area contributed by atoms with Crippen LogP contribution < -0.4 is 0 Å². The number of aliphatic hydroxyl groups is 2. The van der Waals surface area contributed by atoms with E-state index in [9.17, 15) is 15.0 Å². The number of carbonyl (C=O) groups excluding carboxylic acids is 1. The van der Waals surface area contributed by atoms with Gasteiger partial charge in [-0.05, 0) is 60.3 Å². The van der Waals surface area contributed by atoms with E-state index in [1.54, 1.807) is 0 Å². The first kappa shape index (κ1) is 17.9. The van der Waals surface area contributed by atoms with Crippen LogP contribution in [0, 0.1) is 28.6 Å². The smallest absolute Gasteiger partial charge is 0.306 e. The monoisotopic (exact) mass is 336 g/mol. The summed E-state index contributed by atoms with van der Waals surface area (Å²) in [7, 11) is 0. The topological polar surface area (TPSA) is 66.8 Å². The Bertz CT molecular complexity index is 528. The number of aliphatic hydroxyl groups excluding tert-OH is 2. The van der Waals surface area contributed by atoms with Gasteiger partial charge >= 0.3 is 5.97 Å². The van der Waals surface area contributed by atoms with Crippen molar-refractivity contribution in [3.8, 4) is 0 Å². The third kappa shape index (κ3) is 2.82. The van der Waals surface area contributed by atoms with Crippen molar-refractivity contribution in [1.29, 1.82) is 0 Å². The SMILES string of the molecule is C[C@@H]1[C@H](O)C[C@@]2(C)C(CO)=CCC[C@@H]2[C@@]1(C)CC[C@H]1COC(=O)C1. The second-order valence-corrected chi connectivity index (χ2v) is 8.79. The molecule has 4 nitrogen and oxygen atoms in total. The molecule has 2 N–H and O–H groups in total. The molecule has 1 saturated carbocycles. The minimum Gasteiger partial charge on any atom is -0.465 e. The highest BCUT2D eigenvalue weighted by atomic mass is 16.5. The number of hydrogen-bond acceptors (Lipinski definition) is 4. The maximum atomic E-state index is 11.4. The van der Waals surface area contributed by atoms with Crippen molar-refractivity contribution in [3.05, 3.63) is 11.6 Å². The number of ether oxygens (including phenoxy) is 1.